The van der Waals surface area contributed by atoms with Gasteiger partial charge in [0.2, 0.25) is 9.84 Å². The molecule has 0 rings (SSSR count). The number of sulfone groups is 1. The van der Waals surface area contributed by atoms with Crippen LogP contribution in [-0.4, -0.2) is 29.5 Å². The van der Waals surface area contributed by atoms with Gasteiger partial charge in [-0.15, -0.1) is 6.58 Å². The largest absolute Gasteiger partial charge is 0.350 e. The number of hydrogen-bond acceptors (Lipinski definition) is 4. The van der Waals surface area contributed by atoms with Gasteiger partial charge < -0.3 is 10.2 Å². The molecular formula is C6H10O4S. The van der Waals surface area contributed by atoms with Crippen LogP contribution in [0.4, 0.5) is 0 Å². The van der Waals surface area contributed by atoms with Gasteiger partial charge in [0.15, 0.2) is 0 Å². The summed E-state index contributed by atoms with van der Waals surface area (Å²) in [5.74, 6) is -0.494. The van der Waals surface area contributed by atoms with E-state index in [1.807, 2.05) is 0 Å². The maximum Gasteiger partial charge on any atom is 0.289 e. The minimum absolute atomic E-state index is 0.494. The van der Waals surface area contributed by atoms with E-state index in [-0.39, 0.29) is 0 Å². The zero-order valence-electron chi connectivity index (χ0n) is 5.90. The molecule has 0 radical (unpaired) electrons. The van der Waals surface area contributed by atoms with Crippen molar-refractivity contribution >= 4 is 9.84 Å². The molecule has 0 spiro atoms. The average molecular weight is 178 g/mol. The van der Waals surface area contributed by atoms with Crippen LogP contribution in [0.25, 0.3) is 0 Å². The first-order chi connectivity index (χ1) is 4.87. The summed E-state index contributed by atoms with van der Waals surface area (Å²) in [6.45, 7) is 6.13. The third-order valence-electron chi connectivity index (χ3n) is 1.06. The SMILES string of the molecule is C=CCS(=O)(=O)C(O)(O)C=C. The molecule has 0 aromatic carbocycles. The molecule has 0 saturated heterocycles. The van der Waals surface area contributed by atoms with E-state index in [2.05, 4.69) is 13.2 Å². The topological polar surface area (TPSA) is 74.6 Å². The predicted octanol–water partition coefficient (Wildman–Crippen LogP) is -0.588. The van der Waals surface area contributed by atoms with Crippen LogP contribution < -0.4 is 0 Å². The van der Waals surface area contributed by atoms with E-state index in [1.165, 1.54) is 0 Å². The van der Waals surface area contributed by atoms with E-state index in [0.29, 0.717) is 6.08 Å². The summed E-state index contributed by atoms with van der Waals surface area (Å²) in [5.41, 5.74) is 0. The lowest BCUT2D eigenvalue weighted by molar-refractivity contribution is -0.0417. The minimum atomic E-state index is -3.98. The molecule has 0 aliphatic heterocycles. The van der Waals surface area contributed by atoms with Crippen molar-refractivity contribution in [2.45, 2.75) is 5.12 Å². The Labute approximate surface area is 65.4 Å². The number of rotatable bonds is 4. The molecule has 0 aromatic rings. The smallest absolute Gasteiger partial charge is 0.289 e. The van der Waals surface area contributed by atoms with E-state index in [4.69, 9.17) is 10.2 Å². The van der Waals surface area contributed by atoms with Crippen LogP contribution in [0.15, 0.2) is 25.3 Å². The summed E-state index contributed by atoms with van der Waals surface area (Å²) >= 11 is 0. The first-order valence-corrected chi connectivity index (χ1v) is 4.44. The van der Waals surface area contributed by atoms with Crippen LogP contribution in [0, 0.1) is 0 Å². The molecule has 2 N–H and O–H groups in total. The van der Waals surface area contributed by atoms with Gasteiger partial charge in [0.05, 0.1) is 5.75 Å². The Balaban J connectivity index is 4.83. The maximum absolute atomic E-state index is 10.8. The van der Waals surface area contributed by atoms with Gasteiger partial charge in [0.1, 0.15) is 0 Å². The van der Waals surface area contributed by atoms with Crippen LogP contribution in [0.1, 0.15) is 0 Å². The molecule has 0 atom stereocenters. The van der Waals surface area contributed by atoms with Crippen molar-refractivity contribution in [3.63, 3.8) is 0 Å². The molecule has 0 heterocycles. The zero-order chi connectivity index (χ0) is 9.12. The summed E-state index contributed by atoms with van der Waals surface area (Å²) < 4.78 is 21.7. The highest BCUT2D eigenvalue weighted by molar-refractivity contribution is 7.92. The Morgan fingerprint density at radius 3 is 2.09 bits per heavy atom. The molecule has 0 fully saturated rings. The van der Waals surface area contributed by atoms with Gasteiger partial charge >= 0.3 is 0 Å². The van der Waals surface area contributed by atoms with Crippen molar-refractivity contribution in [1.82, 2.24) is 0 Å². The van der Waals surface area contributed by atoms with E-state index in [1.54, 1.807) is 0 Å². The highest BCUT2D eigenvalue weighted by Gasteiger charge is 2.34. The van der Waals surface area contributed by atoms with Crippen LogP contribution in [0.3, 0.4) is 0 Å². The molecule has 5 heteroatoms. The van der Waals surface area contributed by atoms with Crippen LogP contribution in [0.2, 0.25) is 0 Å². The molecule has 0 bridgehead atoms. The van der Waals surface area contributed by atoms with Gasteiger partial charge in [-0.25, -0.2) is 8.42 Å². The predicted molar refractivity (Wildman–Crippen MR) is 41.3 cm³/mol. The molecule has 0 aliphatic carbocycles. The fraction of sp³-hybridized carbons (Fsp3) is 0.333. The van der Waals surface area contributed by atoms with Gasteiger partial charge in [0.25, 0.3) is 5.12 Å². The Hall–Kier alpha value is -0.650. The van der Waals surface area contributed by atoms with Crippen LogP contribution in [0.5, 0.6) is 0 Å². The number of aliphatic hydroxyl groups is 2. The summed E-state index contributed by atoms with van der Waals surface area (Å²) in [5, 5.41) is 14.7. The quantitative estimate of drug-likeness (QED) is 0.446. The first kappa shape index (κ1) is 10.3. The Bertz CT molecular complexity index is 250. The first-order valence-electron chi connectivity index (χ1n) is 2.79. The standard InChI is InChI=1S/C6H10O4S/c1-3-5-11(9,10)6(7,8)4-2/h3-4,7-8H,1-2,5H2. The molecule has 0 aromatic heterocycles. The van der Waals surface area contributed by atoms with Gasteiger partial charge in [-0.2, -0.15) is 0 Å². The Morgan fingerprint density at radius 1 is 1.36 bits per heavy atom. The molecule has 64 valence electrons. The summed E-state index contributed by atoms with van der Waals surface area (Å²) in [4.78, 5) is 0. The van der Waals surface area contributed by atoms with E-state index in [9.17, 15) is 8.42 Å². The minimum Gasteiger partial charge on any atom is -0.350 e. The second-order valence-corrected chi connectivity index (χ2v) is 4.10. The van der Waals surface area contributed by atoms with Crippen molar-refractivity contribution in [3.05, 3.63) is 25.3 Å². The second kappa shape index (κ2) is 3.17. The normalized spacial score (nSPS) is 12.5. The van der Waals surface area contributed by atoms with Gasteiger partial charge in [-0.3, -0.25) is 0 Å². The Kier molecular flexibility index (Phi) is 2.98. The zero-order valence-corrected chi connectivity index (χ0v) is 6.71. The van der Waals surface area contributed by atoms with E-state index < -0.39 is 20.7 Å². The highest BCUT2D eigenvalue weighted by Crippen LogP contribution is 2.11. The monoisotopic (exact) mass is 178 g/mol. The summed E-state index contributed by atoms with van der Waals surface area (Å²) in [7, 11) is -3.98. The van der Waals surface area contributed by atoms with Gasteiger partial charge in [0, 0.05) is 0 Å². The van der Waals surface area contributed by atoms with Gasteiger partial charge in [-0.05, 0) is 6.08 Å². The van der Waals surface area contributed by atoms with Crippen molar-refractivity contribution in [2.24, 2.45) is 0 Å². The molecule has 0 aliphatic rings. The third-order valence-corrected chi connectivity index (χ3v) is 2.82. The van der Waals surface area contributed by atoms with Crippen molar-refractivity contribution in [1.29, 1.82) is 0 Å². The average Bonchev–Trinajstić information content (AvgIpc) is 1.87. The molecule has 0 amide bonds. The van der Waals surface area contributed by atoms with Gasteiger partial charge in [-0.1, -0.05) is 12.7 Å². The lowest BCUT2D eigenvalue weighted by Crippen LogP contribution is -2.37. The fourth-order valence-corrected chi connectivity index (χ4v) is 1.21. The Morgan fingerprint density at radius 2 is 1.82 bits per heavy atom. The fourth-order valence-electron chi connectivity index (χ4n) is 0.405. The van der Waals surface area contributed by atoms with Crippen molar-refractivity contribution in [3.8, 4) is 0 Å². The van der Waals surface area contributed by atoms with Crippen LogP contribution >= 0.6 is 0 Å². The summed E-state index contributed by atoms with van der Waals surface area (Å²) in [6.07, 6.45) is 1.62. The highest BCUT2D eigenvalue weighted by atomic mass is 32.2. The maximum atomic E-state index is 10.8. The number of hydrogen-bond donors (Lipinski definition) is 2. The molecule has 4 nitrogen and oxygen atoms in total. The lowest BCUT2D eigenvalue weighted by Gasteiger charge is -2.15. The molecule has 0 unspecified atom stereocenters. The van der Waals surface area contributed by atoms with Crippen molar-refractivity contribution in [2.75, 3.05) is 5.75 Å². The summed E-state index contributed by atoms with van der Waals surface area (Å²) in [6, 6.07) is 0. The van der Waals surface area contributed by atoms with Crippen molar-refractivity contribution < 1.29 is 18.6 Å². The van der Waals surface area contributed by atoms with E-state index >= 15 is 0 Å². The van der Waals surface area contributed by atoms with Crippen LogP contribution in [-0.2, 0) is 9.84 Å². The lowest BCUT2D eigenvalue weighted by atomic mass is 10.6. The molecule has 11 heavy (non-hydrogen) atoms. The molecular weight excluding hydrogens is 168 g/mol. The second-order valence-electron chi connectivity index (χ2n) is 1.93. The van der Waals surface area contributed by atoms with E-state index in [0.717, 1.165) is 6.08 Å². The third kappa shape index (κ3) is 2.14. The molecule has 0 saturated carbocycles.